The lowest BCUT2D eigenvalue weighted by atomic mass is 9.51. The summed E-state index contributed by atoms with van der Waals surface area (Å²) in [5, 5.41) is 18.1. The van der Waals surface area contributed by atoms with Crippen LogP contribution >= 0.6 is 0 Å². The molecule has 33 heavy (non-hydrogen) atoms. The Morgan fingerprint density at radius 3 is 2.42 bits per heavy atom. The van der Waals surface area contributed by atoms with Gasteiger partial charge >= 0.3 is 0 Å². The van der Waals surface area contributed by atoms with Crippen molar-refractivity contribution in [3.8, 4) is 0 Å². The Morgan fingerprint density at radius 1 is 1.06 bits per heavy atom. The first-order valence-corrected chi connectivity index (χ1v) is 13.0. The van der Waals surface area contributed by atoms with Crippen LogP contribution in [0.3, 0.4) is 0 Å². The molecule has 6 heteroatoms. The number of fused-ring (bicyclic) bond motifs is 1. The molecule has 1 heterocycles. The number of aliphatic hydroxyl groups is 1. The number of amides is 2. The zero-order chi connectivity index (χ0) is 23.6. The fraction of sp³-hybridized carbons (Fsp3) is 0.741. The van der Waals surface area contributed by atoms with Crippen LogP contribution in [0.5, 0.6) is 0 Å². The number of aliphatic hydroxyl groups excluding tert-OH is 1. The van der Waals surface area contributed by atoms with Crippen LogP contribution in [0.15, 0.2) is 24.5 Å². The van der Waals surface area contributed by atoms with Gasteiger partial charge in [0, 0.05) is 36.0 Å². The Morgan fingerprint density at radius 2 is 1.73 bits per heavy atom. The molecule has 0 aromatic carbocycles. The Bertz CT molecular complexity index is 825. The van der Waals surface area contributed by atoms with E-state index in [0.717, 1.165) is 38.5 Å². The van der Waals surface area contributed by atoms with Gasteiger partial charge in [0.05, 0.1) is 6.10 Å². The first-order chi connectivity index (χ1) is 15.8. The molecule has 0 spiro atoms. The molecular weight excluding hydrogens is 414 g/mol. The van der Waals surface area contributed by atoms with E-state index in [1.807, 2.05) is 6.92 Å². The van der Waals surface area contributed by atoms with Crippen molar-refractivity contribution in [1.82, 2.24) is 15.6 Å². The van der Waals surface area contributed by atoms with Gasteiger partial charge in [-0.1, -0.05) is 40.0 Å². The molecule has 7 atom stereocenters. The number of aromatic nitrogens is 1. The van der Waals surface area contributed by atoms with Gasteiger partial charge in [0.1, 0.15) is 0 Å². The SMILES string of the molecule is C[C@@H]1[C@@H]2[C@@H](O)[C@@H]([C@H](C)C(=O)NC3CCCCC3)CC[C@]2(C)CC[C@@H]1NC(=O)c1ccncc1. The van der Waals surface area contributed by atoms with E-state index in [1.54, 1.807) is 24.5 Å². The fourth-order valence-electron chi connectivity index (χ4n) is 7.03. The molecule has 0 saturated heterocycles. The average Bonchev–Trinajstić information content (AvgIpc) is 2.82. The van der Waals surface area contributed by atoms with E-state index in [2.05, 4.69) is 29.5 Å². The van der Waals surface area contributed by atoms with Gasteiger partial charge in [-0.15, -0.1) is 0 Å². The summed E-state index contributed by atoms with van der Waals surface area (Å²) in [5.41, 5.74) is 0.660. The molecule has 3 aliphatic carbocycles. The molecule has 3 aliphatic rings. The number of nitrogens with zero attached hydrogens (tertiary/aromatic N) is 1. The second kappa shape index (κ2) is 10.1. The second-order valence-corrected chi connectivity index (χ2v) is 11.2. The van der Waals surface area contributed by atoms with Crippen LogP contribution in [0, 0.1) is 29.1 Å². The maximum Gasteiger partial charge on any atom is 0.251 e. The number of carbonyl (C=O) groups excluding carboxylic acids is 2. The Hall–Kier alpha value is -1.95. The standard InChI is InChI=1S/C27H41N3O3/c1-17(25(32)29-20-7-5-4-6-8-20)21-9-13-27(3)14-10-22(18(2)23(27)24(21)31)30-26(33)19-11-15-28-16-12-19/h11-12,15-18,20-24,31H,4-10,13-14H2,1-3H3,(H,29,32)(H,30,33)/t17-,18-,21+,22-,23+,24-,27+/m0/s1. The van der Waals surface area contributed by atoms with E-state index in [4.69, 9.17) is 0 Å². The van der Waals surface area contributed by atoms with Crippen molar-refractivity contribution in [1.29, 1.82) is 0 Å². The molecule has 0 unspecified atom stereocenters. The predicted molar refractivity (Wildman–Crippen MR) is 128 cm³/mol. The van der Waals surface area contributed by atoms with E-state index in [9.17, 15) is 14.7 Å². The topological polar surface area (TPSA) is 91.3 Å². The average molecular weight is 456 g/mol. The maximum absolute atomic E-state index is 13.1. The van der Waals surface area contributed by atoms with Crippen LogP contribution in [-0.2, 0) is 4.79 Å². The normalized spacial score (nSPS) is 35.8. The maximum atomic E-state index is 13.1. The third kappa shape index (κ3) is 5.11. The summed E-state index contributed by atoms with van der Waals surface area (Å²) in [5.74, 6) is -0.0201. The van der Waals surface area contributed by atoms with Crippen molar-refractivity contribution in [2.45, 2.75) is 96.7 Å². The molecule has 4 rings (SSSR count). The largest absolute Gasteiger partial charge is 0.392 e. The highest BCUT2D eigenvalue weighted by Crippen LogP contribution is 2.55. The van der Waals surface area contributed by atoms with Crippen LogP contribution in [0.1, 0.15) is 88.9 Å². The molecular formula is C27H41N3O3. The van der Waals surface area contributed by atoms with Gasteiger partial charge in [-0.05, 0) is 73.8 Å². The molecule has 3 N–H and O–H groups in total. The Labute approximate surface area is 198 Å². The number of pyridine rings is 1. The zero-order valence-electron chi connectivity index (χ0n) is 20.4. The van der Waals surface area contributed by atoms with Crippen molar-refractivity contribution in [2.75, 3.05) is 0 Å². The summed E-state index contributed by atoms with van der Waals surface area (Å²) in [6.07, 6.45) is 12.3. The lowest BCUT2D eigenvalue weighted by Crippen LogP contribution is -2.58. The molecule has 6 nitrogen and oxygen atoms in total. The van der Waals surface area contributed by atoms with E-state index < -0.39 is 6.10 Å². The predicted octanol–water partition coefficient (Wildman–Crippen LogP) is 4.09. The molecule has 1 aromatic rings. The number of hydrogen-bond donors (Lipinski definition) is 3. The Kier molecular flexibility index (Phi) is 7.42. The van der Waals surface area contributed by atoms with Crippen LogP contribution in [0.2, 0.25) is 0 Å². The van der Waals surface area contributed by atoms with Crippen molar-refractivity contribution in [3.63, 3.8) is 0 Å². The van der Waals surface area contributed by atoms with Crippen LogP contribution in [0.25, 0.3) is 0 Å². The highest BCUT2D eigenvalue weighted by Gasteiger charge is 2.54. The quantitative estimate of drug-likeness (QED) is 0.624. The van der Waals surface area contributed by atoms with Gasteiger partial charge in [-0.2, -0.15) is 0 Å². The van der Waals surface area contributed by atoms with Gasteiger partial charge in [0.25, 0.3) is 5.91 Å². The smallest absolute Gasteiger partial charge is 0.251 e. The van der Waals surface area contributed by atoms with E-state index >= 15 is 0 Å². The van der Waals surface area contributed by atoms with Gasteiger partial charge in [0.2, 0.25) is 5.91 Å². The van der Waals surface area contributed by atoms with E-state index in [-0.39, 0.29) is 46.9 Å². The van der Waals surface area contributed by atoms with E-state index in [0.29, 0.717) is 11.6 Å². The fourth-order valence-corrected chi connectivity index (χ4v) is 7.03. The van der Waals surface area contributed by atoms with Crippen LogP contribution in [-0.4, -0.2) is 40.1 Å². The third-order valence-corrected chi connectivity index (χ3v) is 9.15. The lowest BCUT2D eigenvalue weighted by molar-refractivity contribution is -0.142. The van der Waals surface area contributed by atoms with Crippen LogP contribution < -0.4 is 10.6 Å². The minimum Gasteiger partial charge on any atom is -0.392 e. The van der Waals surface area contributed by atoms with Gasteiger partial charge in [-0.3, -0.25) is 14.6 Å². The molecule has 3 saturated carbocycles. The molecule has 3 fully saturated rings. The first-order valence-electron chi connectivity index (χ1n) is 13.0. The minimum atomic E-state index is -0.536. The van der Waals surface area contributed by atoms with Gasteiger partial charge in [0.15, 0.2) is 0 Å². The van der Waals surface area contributed by atoms with Crippen molar-refractivity contribution in [3.05, 3.63) is 30.1 Å². The van der Waals surface area contributed by atoms with E-state index in [1.165, 1.54) is 19.3 Å². The second-order valence-electron chi connectivity index (χ2n) is 11.2. The highest BCUT2D eigenvalue weighted by atomic mass is 16.3. The first kappa shape index (κ1) is 24.2. The molecule has 0 radical (unpaired) electrons. The zero-order valence-corrected chi connectivity index (χ0v) is 20.4. The molecule has 1 aromatic heterocycles. The highest BCUT2D eigenvalue weighted by molar-refractivity contribution is 5.94. The van der Waals surface area contributed by atoms with Crippen LogP contribution in [0.4, 0.5) is 0 Å². The number of rotatable bonds is 5. The number of carbonyl (C=O) groups is 2. The van der Waals surface area contributed by atoms with Gasteiger partial charge in [-0.25, -0.2) is 0 Å². The molecule has 182 valence electrons. The molecule has 0 aliphatic heterocycles. The summed E-state index contributed by atoms with van der Waals surface area (Å²) in [4.78, 5) is 29.8. The summed E-state index contributed by atoms with van der Waals surface area (Å²) < 4.78 is 0. The van der Waals surface area contributed by atoms with Crippen molar-refractivity contribution >= 4 is 11.8 Å². The monoisotopic (exact) mass is 455 g/mol. The number of hydrogen-bond acceptors (Lipinski definition) is 4. The van der Waals surface area contributed by atoms with Crippen molar-refractivity contribution < 1.29 is 14.7 Å². The third-order valence-electron chi connectivity index (χ3n) is 9.15. The summed E-state index contributed by atoms with van der Waals surface area (Å²) >= 11 is 0. The summed E-state index contributed by atoms with van der Waals surface area (Å²) in [7, 11) is 0. The van der Waals surface area contributed by atoms with Gasteiger partial charge < -0.3 is 15.7 Å². The van der Waals surface area contributed by atoms with Crippen molar-refractivity contribution in [2.24, 2.45) is 29.1 Å². The lowest BCUT2D eigenvalue weighted by Gasteiger charge is -2.56. The minimum absolute atomic E-state index is 0.0171. The summed E-state index contributed by atoms with van der Waals surface area (Å²) in [6, 6.07) is 3.76. The number of nitrogens with one attached hydrogen (secondary N) is 2. The Balaban J connectivity index is 1.43. The summed E-state index contributed by atoms with van der Waals surface area (Å²) in [6.45, 7) is 6.45. The molecule has 0 bridgehead atoms. The molecule has 2 amide bonds.